The summed E-state index contributed by atoms with van der Waals surface area (Å²) in [6.07, 6.45) is 29.5. The first-order valence-corrected chi connectivity index (χ1v) is 29.5. The average Bonchev–Trinajstić information content (AvgIpc) is 3.29. The van der Waals surface area contributed by atoms with Crippen LogP contribution in [-0.2, 0) is 19.2 Å². The van der Waals surface area contributed by atoms with Crippen molar-refractivity contribution in [3.63, 3.8) is 0 Å². The second-order valence-corrected chi connectivity index (χ2v) is 21.9. The minimum atomic E-state index is -0.869. The van der Waals surface area contributed by atoms with E-state index in [1.165, 1.54) is 103 Å². The van der Waals surface area contributed by atoms with E-state index in [1.807, 2.05) is 4.90 Å². The van der Waals surface area contributed by atoms with Gasteiger partial charge in [-0.3, -0.25) is 29.0 Å². The molecule has 0 saturated carbocycles. The Kier molecular flexibility index (Phi) is 41.4. The van der Waals surface area contributed by atoms with E-state index in [2.05, 4.69) is 43.2 Å². The van der Waals surface area contributed by atoms with Gasteiger partial charge in [-0.1, -0.05) is 205 Å². The predicted molar refractivity (Wildman–Crippen MR) is 282 cm³/mol. The topological polar surface area (TPSA) is 180 Å². The van der Waals surface area contributed by atoms with Crippen molar-refractivity contribution < 1.29 is 39.6 Å². The van der Waals surface area contributed by atoms with Crippen LogP contribution in [0.5, 0.6) is 0 Å². The number of aliphatic hydroxyl groups is 4. The van der Waals surface area contributed by atoms with Gasteiger partial charge in [0, 0.05) is 57.1 Å². The zero-order valence-corrected chi connectivity index (χ0v) is 44.8. The summed E-state index contributed by atoms with van der Waals surface area (Å²) in [5, 5.41) is 48.8. The predicted octanol–water partition coefficient (Wildman–Crippen LogP) is 9.71. The van der Waals surface area contributed by atoms with E-state index in [0.29, 0.717) is 58.5 Å². The SMILES string of the molecule is CCCCCCCCC(O)CN(CCCC(=O)SCC1NC(=O)C(CSC(=O)CCN(CC(O)CCCCCCCC)CC(O)CCCCCCCC)NC1=O)CC(O)CCCCCCCC. The number of carbonyl (C=O) groups excluding carboxylic acids is 4. The molecule has 0 radical (unpaired) electrons. The molecule has 0 aromatic heterocycles. The maximum atomic E-state index is 13.1. The molecule has 1 aliphatic heterocycles. The quantitative estimate of drug-likeness (QED) is 0.0319. The van der Waals surface area contributed by atoms with Crippen molar-refractivity contribution in [1.29, 1.82) is 0 Å². The van der Waals surface area contributed by atoms with Crippen LogP contribution in [0.2, 0.25) is 0 Å². The van der Waals surface area contributed by atoms with E-state index in [9.17, 15) is 39.6 Å². The molecule has 6 N–H and O–H groups in total. The van der Waals surface area contributed by atoms with Crippen LogP contribution in [-0.4, -0.2) is 140 Å². The number of hydrogen-bond acceptors (Lipinski definition) is 12. The molecule has 0 aromatic rings. The molecule has 1 heterocycles. The van der Waals surface area contributed by atoms with Gasteiger partial charge in [-0.15, -0.1) is 0 Å². The van der Waals surface area contributed by atoms with Gasteiger partial charge in [0.15, 0.2) is 10.2 Å². The van der Waals surface area contributed by atoms with Gasteiger partial charge in [0.05, 0.1) is 24.4 Å². The van der Waals surface area contributed by atoms with Crippen LogP contribution in [0.4, 0.5) is 0 Å². The molecule has 1 fully saturated rings. The molecular weight excluding hydrogens is 885 g/mol. The first-order chi connectivity index (χ1) is 32.4. The molecule has 67 heavy (non-hydrogen) atoms. The highest BCUT2D eigenvalue weighted by molar-refractivity contribution is 8.13. The number of nitrogens with zero attached hydrogens (tertiary/aromatic N) is 2. The van der Waals surface area contributed by atoms with Crippen LogP contribution in [0.25, 0.3) is 0 Å². The lowest BCUT2D eigenvalue weighted by atomic mass is 10.1. The molecule has 0 spiro atoms. The fourth-order valence-corrected chi connectivity index (χ4v) is 10.5. The van der Waals surface area contributed by atoms with Gasteiger partial charge in [0.2, 0.25) is 11.8 Å². The number of rotatable bonds is 47. The summed E-state index contributed by atoms with van der Waals surface area (Å²) in [5.41, 5.74) is 0. The molecule has 6 unspecified atom stereocenters. The third-order valence-corrected chi connectivity index (χ3v) is 15.1. The van der Waals surface area contributed by atoms with Crippen molar-refractivity contribution in [2.24, 2.45) is 0 Å². The van der Waals surface area contributed by atoms with E-state index >= 15 is 0 Å². The Hall–Kier alpha value is -1.26. The molecule has 1 rings (SSSR count). The van der Waals surface area contributed by atoms with E-state index in [0.717, 1.165) is 87.7 Å². The maximum Gasteiger partial charge on any atom is 0.244 e. The normalized spacial score (nSPS) is 17.2. The molecule has 0 aliphatic carbocycles. The summed E-state index contributed by atoms with van der Waals surface area (Å²) in [6, 6.07) is -1.73. The number of amides is 2. The van der Waals surface area contributed by atoms with Crippen LogP contribution in [0, 0.1) is 0 Å². The Morgan fingerprint density at radius 3 is 1.04 bits per heavy atom. The lowest BCUT2D eigenvalue weighted by Crippen LogP contribution is -2.63. The fourth-order valence-electron chi connectivity index (χ4n) is 8.82. The Morgan fingerprint density at radius 1 is 0.433 bits per heavy atom. The van der Waals surface area contributed by atoms with Crippen molar-refractivity contribution in [3.05, 3.63) is 0 Å². The number of aliphatic hydroxyl groups excluding tert-OH is 4. The third-order valence-electron chi connectivity index (χ3n) is 13.0. The molecule has 0 bridgehead atoms. The molecular formula is C53H102N4O8S2. The molecule has 2 amide bonds. The average molecular weight is 988 g/mol. The number of thioether (sulfide) groups is 2. The standard InChI is InChI=1S/C53H102N4O8S2/c1-5-9-13-17-21-25-30-44(58)38-56(39-45(59)31-26-22-18-14-10-6-2)36-29-34-50(62)66-42-48-52(64)55-49(53(65)54-48)43-67-51(63)35-37-57(40-46(60)32-27-23-19-15-11-7-3)41-47(61)33-28-24-20-16-12-8-4/h44-49,58-61H,5-43H2,1-4H3,(H,54,65)(H,55,64). The summed E-state index contributed by atoms with van der Waals surface area (Å²) in [5.74, 6) is -0.565. The summed E-state index contributed by atoms with van der Waals surface area (Å²) in [4.78, 5) is 56.3. The Balaban J connectivity index is 2.58. The van der Waals surface area contributed by atoms with Crippen molar-refractivity contribution in [2.45, 2.75) is 263 Å². The molecule has 6 atom stereocenters. The minimum absolute atomic E-state index is 0.0792. The van der Waals surface area contributed by atoms with Crippen LogP contribution in [0.15, 0.2) is 0 Å². The summed E-state index contributed by atoms with van der Waals surface area (Å²) < 4.78 is 0. The van der Waals surface area contributed by atoms with Crippen molar-refractivity contribution in [1.82, 2.24) is 20.4 Å². The number of carbonyl (C=O) groups is 4. The summed E-state index contributed by atoms with van der Waals surface area (Å²) in [6.45, 7) is 11.5. The lowest BCUT2D eigenvalue weighted by molar-refractivity contribution is -0.135. The number of hydrogen-bond donors (Lipinski definition) is 6. The van der Waals surface area contributed by atoms with Gasteiger partial charge < -0.3 is 31.1 Å². The molecule has 0 aromatic carbocycles. The zero-order chi connectivity index (χ0) is 49.3. The number of unbranched alkanes of at least 4 members (excludes halogenated alkanes) is 20. The van der Waals surface area contributed by atoms with Gasteiger partial charge >= 0.3 is 0 Å². The monoisotopic (exact) mass is 987 g/mol. The smallest absolute Gasteiger partial charge is 0.244 e. The van der Waals surface area contributed by atoms with Gasteiger partial charge in [-0.25, -0.2) is 0 Å². The van der Waals surface area contributed by atoms with Crippen LogP contribution in [0.1, 0.15) is 227 Å². The van der Waals surface area contributed by atoms with Crippen LogP contribution >= 0.6 is 23.5 Å². The molecule has 394 valence electrons. The number of piperazine rings is 1. The molecule has 1 saturated heterocycles. The van der Waals surface area contributed by atoms with E-state index in [4.69, 9.17) is 0 Å². The largest absolute Gasteiger partial charge is 0.392 e. The van der Waals surface area contributed by atoms with Gasteiger partial charge in [0.25, 0.3) is 0 Å². The fraction of sp³-hybridized carbons (Fsp3) is 0.925. The highest BCUT2D eigenvalue weighted by atomic mass is 32.2. The molecule has 12 nitrogen and oxygen atoms in total. The molecule has 14 heteroatoms. The van der Waals surface area contributed by atoms with Crippen molar-refractivity contribution in [3.8, 4) is 0 Å². The Bertz CT molecular complexity index is 1190. The first kappa shape index (κ1) is 63.8. The summed E-state index contributed by atoms with van der Waals surface area (Å²) in [7, 11) is 0. The highest BCUT2D eigenvalue weighted by Gasteiger charge is 2.34. The molecule has 1 aliphatic rings. The van der Waals surface area contributed by atoms with Crippen LogP contribution < -0.4 is 10.6 Å². The van der Waals surface area contributed by atoms with E-state index < -0.39 is 36.5 Å². The van der Waals surface area contributed by atoms with Gasteiger partial charge in [-0.05, 0) is 38.6 Å². The Labute approximate surface area is 417 Å². The summed E-state index contributed by atoms with van der Waals surface area (Å²) >= 11 is 2.03. The van der Waals surface area contributed by atoms with Crippen LogP contribution in [0.3, 0.4) is 0 Å². The first-order valence-electron chi connectivity index (χ1n) is 27.5. The second kappa shape index (κ2) is 43.5. The van der Waals surface area contributed by atoms with Gasteiger partial charge in [0.1, 0.15) is 12.1 Å². The lowest BCUT2D eigenvalue weighted by Gasteiger charge is -2.29. The number of nitrogens with one attached hydrogen (secondary N) is 2. The van der Waals surface area contributed by atoms with Crippen molar-refractivity contribution in [2.75, 3.05) is 50.8 Å². The minimum Gasteiger partial charge on any atom is -0.392 e. The van der Waals surface area contributed by atoms with E-state index in [-0.39, 0.29) is 46.4 Å². The second-order valence-electron chi connectivity index (χ2n) is 19.7. The van der Waals surface area contributed by atoms with Crippen molar-refractivity contribution >= 4 is 45.6 Å². The highest BCUT2D eigenvalue weighted by Crippen LogP contribution is 2.18. The third kappa shape index (κ3) is 36.3. The van der Waals surface area contributed by atoms with E-state index in [1.54, 1.807) is 0 Å². The van der Waals surface area contributed by atoms with Gasteiger partial charge in [-0.2, -0.15) is 0 Å². The maximum absolute atomic E-state index is 13.1. The zero-order valence-electron chi connectivity index (χ0n) is 43.2. The Morgan fingerprint density at radius 2 is 0.716 bits per heavy atom.